The fourth-order valence-corrected chi connectivity index (χ4v) is 1.36. The molecule has 0 aliphatic rings. The van der Waals surface area contributed by atoms with Gasteiger partial charge in [0.1, 0.15) is 0 Å². The summed E-state index contributed by atoms with van der Waals surface area (Å²) >= 11 is 0. The highest BCUT2D eigenvalue weighted by atomic mass is 15.1. The van der Waals surface area contributed by atoms with Crippen LogP contribution in [0.15, 0.2) is 12.4 Å². The van der Waals surface area contributed by atoms with Crippen molar-refractivity contribution in [1.82, 2.24) is 9.97 Å². The quantitative estimate of drug-likeness (QED) is 0.729. The smallest absolute Gasteiger partial charge is 0.222 e. The van der Waals surface area contributed by atoms with Gasteiger partial charge in [-0.3, -0.25) is 0 Å². The lowest BCUT2D eigenvalue weighted by molar-refractivity contribution is 0.544. The number of hydrogen-bond donors (Lipinski definition) is 1. The first kappa shape index (κ1) is 12.0. The Morgan fingerprint density at radius 1 is 1.20 bits per heavy atom. The molecule has 0 bridgehead atoms. The van der Waals surface area contributed by atoms with E-state index in [1.807, 2.05) is 19.3 Å². The van der Waals surface area contributed by atoms with E-state index in [0.717, 1.165) is 24.0 Å². The van der Waals surface area contributed by atoms with Crippen molar-refractivity contribution in [3.05, 3.63) is 18.0 Å². The summed E-state index contributed by atoms with van der Waals surface area (Å²) in [6.45, 7) is 7.48. The highest BCUT2D eigenvalue weighted by Gasteiger charge is 1.96. The van der Waals surface area contributed by atoms with Crippen LogP contribution in [0.4, 0.5) is 5.95 Å². The van der Waals surface area contributed by atoms with Crippen molar-refractivity contribution >= 4 is 5.95 Å². The Morgan fingerprint density at radius 3 is 2.47 bits per heavy atom. The van der Waals surface area contributed by atoms with Gasteiger partial charge in [0.2, 0.25) is 5.95 Å². The fourth-order valence-electron chi connectivity index (χ4n) is 1.36. The minimum atomic E-state index is 0.741. The van der Waals surface area contributed by atoms with Gasteiger partial charge in [-0.25, -0.2) is 9.97 Å². The molecular formula is C12H21N3. The van der Waals surface area contributed by atoms with E-state index >= 15 is 0 Å². The normalized spacial score (nSPS) is 10.7. The zero-order chi connectivity index (χ0) is 11.1. The zero-order valence-electron chi connectivity index (χ0n) is 9.95. The minimum absolute atomic E-state index is 0.741. The summed E-state index contributed by atoms with van der Waals surface area (Å²) in [5.74, 6) is 1.55. The first-order valence-electron chi connectivity index (χ1n) is 5.71. The lowest BCUT2D eigenvalue weighted by Gasteiger charge is -2.06. The molecule has 0 atom stereocenters. The second-order valence-electron chi connectivity index (χ2n) is 4.40. The summed E-state index contributed by atoms with van der Waals surface area (Å²) < 4.78 is 0. The van der Waals surface area contributed by atoms with Gasteiger partial charge >= 0.3 is 0 Å². The molecule has 84 valence electrons. The number of unbranched alkanes of at least 4 members (excludes halogenated alkanes) is 1. The third-order valence-electron chi connectivity index (χ3n) is 2.27. The minimum Gasteiger partial charge on any atom is -0.354 e. The van der Waals surface area contributed by atoms with E-state index in [2.05, 4.69) is 29.1 Å². The molecule has 1 aromatic rings. The van der Waals surface area contributed by atoms with Crippen molar-refractivity contribution in [2.45, 2.75) is 40.0 Å². The van der Waals surface area contributed by atoms with Crippen LogP contribution in [0.1, 0.15) is 38.7 Å². The predicted octanol–water partition coefficient (Wildman–Crippen LogP) is 3.02. The van der Waals surface area contributed by atoms with Gasteiger partial charge in [-0.05, 0) is 24.8 Å². The highest BCUT2D eigenvalue weighted by molar-refractivity contribution is 5.23. The van der Waals surface area contributed by atoms with Crippen LogP contribution in [-0.4, -0.2) is 16.5 Å². The van der Waals surface area contributed by atoms with Crippen LogP contribution in [-0.2, 0) is 0 Å². The molecule has 3 heteroatoms. The third-order valence-corrected chi connectivity index (χ3v) is 2.27. The SMILES string of the molecule is Cc1cnc(NCCCCC(C)C)nc1. The Bertz CT molecular complexity index is 267. The Morgan fingerprint density at radius 2 is 1.87 bits per heavy atom. The van der Waals surface area contributed by atoms with Gasteiger partial charge in [0.05, 0.1) is 0 Å². The molecule has 0 saturated heterocycles. The Labute approximate surface area is 92.3 Å². The van der Waals surface area contributed by atoms with Gasteiger partial charge in [-0.2, -0.15) is 0 Å². The van der Waals surface area contributed by atoms with Crippen LogP contribution >= 0.6 is 0 Å². The topological polar surface area (TPSA) is 37.8 Å². The van der Waals surface area contributed by atoms with Crippen LogP contribution in [0.2, 0.25) is 0 Å². The van der Waals surface area contributed by atoms with Crippen molar-refractivity contribution in [3.63, 3.8) is 0 Å². The number of nitrogens with one attached hydrogen (secondary N) is 1. The summed E-state index contributed by atoms with van der Waals surface area (Å²) in [5.41, 5.74) is 1.10. The molecule has 0 aliphatic heterocycles. The molecule has 0 spiro atoms. The predicted molar refractivity (Wildman–Crippen MR) is 63.9 cm³/mol. The maximum absolute atomic E-state index is 4.19. The van der Waals surface area contributed by atoms with E-state index in [9.17, 15) is 0 Å². The maximum atomic E-state index is 4.19. The summed E-state index contributed by atoms with van der Waals surface area (Å²) in [4.78, 5) is 8.38. The lowest BCUT2D eigenvalue weighted by atomic mass is 10.1. The van der Waals surface area contributed by atoms with Crippen LogP contribution in [0.25, 0.3) is 0 Å². The number of aryl methyl sites for hydroxylation is 1. The van der Waals surface area contributed by atoms with Gasteiger partial charge in [-0.1, -0.05) is 26.7 Å². The molecule has 1 aromatic heterocycles. The Kier molecular flexibility index (Phi) is 5.08. The maximum Gasteiger partial charge on any atom is 0.222 e. The summed E-state index contributed by atoms with van der Waals surface area (Å²) in [6.07, 6.45) is 7.44. The largest absolute Gasteiger partial charge is 0.354 e. The molecule has 1 N–H and O–H groups in total. The van der Waals surface area contributed by atoms with Crippen LogP contribution in [0.5, 0.6) is 0 Å². The van der Waals surface area contributed by atoms with E-state index < -0.39 is 0 Å². The number of aromatic nitrogens is 2. The zero-order valence-corrected chi connectivity index (χ0v) is 9.95. The monoisotopic (exact) mass is 207 g/mol. The molecule has 0 aliphatic carbocycles. The second-order valence-corrected chi connectivity index (χ2v) is 4.40. The van der Waals surface area contributed by atoms with E-state index in [1.54, 1.807) is 0 Å². The molecule has 1 rings (SSSR count). The van der Waals surface area contributed by atoms with Crippen LogP contribution in [0.3, 0.4) is 0 Å². The Hall–Kier alpha value is -1.12. The Balaban J connectivity index is 2.12. The van der Waals surface area contributed by atoms with Crippen molar-refractivity contribution in [2.24, 2.45) is 5.92 Å². The van der Waals surface area contributed by atoms with Crippen molar-refractivity contribution in [1.29, 1.82) is 0 Å². The average molecular weight is 207 g/mol. The molecular weight excluding hydrogens is 186 g/mol. The highest BCUT2D eigenvalue weighted by Crippen LogP contribution is 2.06. The van der Waals surface area contributed by atoms with Gasteiger partial charge in [0.25, 0.3) is 0 Å². The molecule has 0 aromatic carbocycles. The van der Waals surface area contributed by atoms with E-state index in [4.69, 9.17) is 0 Å². The molecule has 0 unspecified atom stereocenters. The summed E-state index contributed by atoms with van der Waals surface area (Å²) in [5, 5.41) is 3.22. The average Bonchev–Trinajstić information content (AvgIpc) is 2.20. The first-order valence-corrected chi connectivity index (χ1v) is 5.71. The lowest BCUT2D eigenvalue weighted by Crippen LogP contribution is -2.05. The molecule has 0 amide bonds. The number of anilines is 1. The second kappa shape index (κ2) is 6.38. The summed E-state index contributed by atoms with van der Waals surface area (Å²) in [7, 11) is 0. The molecule has 0 saturated carbocycles. The fraction of sp³-hybridized carbons (Fsp3) is 0.667. The molecule has 1 heterocycles. The van der Waals surface area contributed by atoms with Gasteiger partial charge in [0, 0.05) is 18.9 Å². The number of hydrogen-bond acceptors (Lipinski definition) is 3. The van der Waals surface area contributed by atoms with Gasteiger partial charge in [0.15, 0.2) is 0 Å². The molecule has 0 radical (unpaired) electrons. The van der Waals surface area contributed by atoms with E-state index in [0.29, 0.717) is 0 Å². The van der Waals surface area contributed by atoms with Crippen molar-refractivity contribution in [3.8, 4) is 0 Å². The standard InChI is InChI=1S/C12H21N3/c1-10(2)6-4-5-7-13-12-14-8-11(3)9-15-12/h8-10H,4-7H2,1-3H3,(H,13,14,15). The van der Waals surface area contributed by atoms with E-state index in [1.165, 1.54) is 19.3 Å². The third kappa shape index (κ3) is 5.35. The first-order chi connectivity index (χ1) is 7.18. The number of rotatable bonds is 6. The van der Waals surface area contributed by atoms with Crippen molar-refractivity contribution < 1.29 is 0 Å². The molecule has 3 nitrogen and oxygen atoms in total. The molecule has 15 heavy (non-hydrogen) atoms. The van der Waals surface area contributed by atoms with E-state index in [-0.39, 0.29) is 0 Å². The molecule has 0 fully saturated rings. The van der Waals surface area contributed by atoms with Crippen LogP contribution in [0, 0.1) is 12.8 Å². The van der Waals surface area contributed by atoms with Gasteiger partial charge in [-0.15, -0.1) is 0 Å². The summed E-state index contributed by atoms with van der Waals surface area (Å²) in [6, 6.07) is 0. The van der Waals surface area contributed by atoms with Crippen LogP contribution < -0.4 is 5.32 Å². The van der Waals surface area contributed by atoms with Crippen molar-refractivity contribution in [2.75, 3.05) is 11.9 Å². The van der Waals surface area contributed by atoms with Gasteiger partial charge < -0.3 is 5.32 Å². The number of nitrogens with zero attached hydrogens (tertiary/aromatic N) is 2.